The third-order valence-electron chi connectivity index (χ3n) is 6.22. The van der Waals surface area contributed by atoms with Crippen molar-refractivity contribution in [3.05, 3.63) is 51.9 Å². The molecule has 3 heterocycles. The van der Waals surface area contributed by atoms with Gasteiger partial charge in [-0.05, 0) is 51.2 Å². The molecule has 3 aromatic rings. The lowest BCUT2D eigenvalue weighted by Crippen LogP contribution is -2.40. The van der Waals surface area contributed by atoms with E-state index in [0.717, 1.165) is 58.5 Å². The van der Waals surface area contributed by atoms with Crippen LogP contribution in [0.5, 0.6) is 0 Å². The maximum Gasteiger partial charge on any atom is 0.257 e. The minimum absolute atomic E-state index is 0.0565. The van der Waals surface area contributed by atoms with Crippen molar-refractivity contribution >= 4 is 33.2 Å². The lowest BCUT2D eigenvalue weighted by atomic mass is 9.91. The van der Waals surface area contributed by atoms with Crippen LogP contribution in [0.1, 0.15) is 62.9 Å². The van der Waals surface area contributed by atoms with Gasteiger partial charge in [-0.1, -0.05) is 12.1 Å². The number of fused-ring (bicyclic) bond motifs is 2. The third kappa shape index (κ3) is 3.29. The summed E-state index contributed by atoms with van der Waals surface area (Å²) >= 11 is 1.47. The van der Waals surface area contributed by atoms with Crippen LogP contribution in [0.2, 0.25) is 0 Å². The topological polar surface area (TPSA) is 63.4 Å². The number of nitrogens with zero attached hydrogens (tertiary/aromatic N) is 2. The van der Waals surface area contributed by atoms with Gasteiger partial charge in [-0.2, -0.15) is 0 Å². The van der Waals surface area contributed by atoms with Gasteiger partial charge < -0.3 is 9.32 Å². The highest BCUT2D eigenvalue weighted by atomic mass is 32.1. The van der Waals surface area contributed by atoms with Crippen LogP contribution in [0.15, 0.2) is 28.7 Å². The van der Waals surface area contributed by atoms with Crippen molar-refractivity contribution in [1.29, 1.82) is 0 Å². The van der Waals surface area contributed by atoms with Gasteiger partial charge in [0, 0.05) is 31.0 Å². The quantitative estimate of drug-likeness (QED) is 0.583. The number of ketones is 1. The number of carbonyl (C=O) groups is 2. The number of hydrogen-bond acceptors (Lipinski definition) is 5. The van der Waals surface area contributed by atoms with E-state index in [2.05, 4.69) is 4.98 Å². The van der Waals surface area contributed by atoms with E-state index < -0.39 is 0 Å². The van der Waals surface area contributed by atoms with Crippen molar-refractivity contribution in [1.82, 2.24) is 9.88 Å². The summed E-state index contributed by atoms with van der Waals surface area (Å²) in [5, 5.41) is 0.593. The molecule has 0 saturated carbocycles. The fourth-order valence-electron chi connectivity index (χ4n) is 4.64. The molecule has 6 heteroatoms. The summed E-state index contributed by atoms with van der Waals surface area (Å²) < 4.78 is 6.93. The molecule has 0 spiro atoms. The number of rotatable bonds is 3. The number of benzene rings is 1. The normalized spacial score (nSPS) is 17.5. The van der Waals surface area contributed by atoms with Gasteiger partial charge in [0.1, 0.15) is 11.5 Å². The molecule has 0 radical (unpaired) electrons. The molecule has 0 unspecified atom stereocenters. The van der Waals surface area contributed by atoms with E-state index in [-0.39, 0.29) is 17.6 Å². The van der Waals surface area contributed by atoms with Crippen LogP contribution in [0.3, 0.4) is 0 Å². The van der Waals surface area contributed by atoms with Crippen molar-refractivity contribution in [2.75, 3.05) is 13.1 Å². The second-order valence-electron chi connectivity index (χ2n) is 8.06. The number of hydrogen-bond donors (Lipinski definition) is 0. The maximum absolute atomic E-state index is 13.2. The number of para-hydroxylation sites is 1. The SMILES string of the molecule is Cc1oc2c(c1C(=O)N1CCC(C(=O)c3nc4ccccc4s3)CC1)CCCC2. The van der Waals surface area contributed by atoms with Gasteiger partial charge in [-0.15, -0.1) is 11.3 Å². The predicted octanol–water partition coefficient (Wildman–Crippen LogP) is 4.81. The van der Waals surface area contributed by atoms with Crippen molar-refractivity contribution in [2.45, 2.75) is 45.4 Å². The highest BCUT2D eigenvalue weighted by Crippen LogP contribution is 2.32. The van der Waals surface area contributed by atoms with Gasteiger partial charge >= 0.3 is 0 Å². The van der Waals surface area contributed by atoms with Crippen LogP contribution < -0.4 is 0 Å². The number of piperidine rings is 1. The molecule has 1 fully saturated rings. The van der Waals surface area contributed by atoms with E-state index in [0.29, 0.717) is 30.9 Å². The monoisotopic (exact) mass is 408 g/mol. The van der Waals surface area contributed by atoms with Crippen molar-refractivity contribution in [3.63, 3.8) is 0 Å². The van der Waals surface area contributed by atoms with Crippen LogP contribution in [0.4, 0.5) is 0 Å². The molecule has 1 amide bonds. The zero-order valence-electron chi connectivity index (χ0n) is 16.6. The molecular weight excluding hydrogens is 384 g/mol. The van der Waals surface area contributed by atoms with Gasteiger partial charge in [0.15, 0.2) is 10.8 Å². The lowest BCUT2D eigenvalue weighted by Gasteiger charge is -2.31. The summed E-state index contributed by atoms with van der Waals surface area (Å²) in [5.41, 5.74) is 2.77. The van der Waals surface area contributed by atoms with Crippen LogP contribution >= 0.6 is 11.3 Å². The van der Waals surface area contributed by atoms with Crippen LogP contribution in [-0.2, 0) is 12.8 Å². The summed E-state index contributed by atoms with van der Waals surface area (Å²) in [5.74, 6) is 1.88. The number of amides is 1. The average molecular weight is 409 g/mol. The molecule has 1 aromatic carbocycles. The number of carbonyl (C=O) groups excluding carboxylic acids is 2. The molecule has 5 rings (SSSR count). The fraction of sp³-hybridized carbons (Fsp3) is 0.435. The molecule has 5 nitrogen and oxygen atoms in total. The Bertz CT molecular complexity index is 1060. The Balaban J connectivity index is 1.28. The molecule has 2 aromatic heterocycles. The summed E-state index contributed by atoms with van der Waals surface area (Å²) in [7, 11) is 0. The first kappa shape index (κ1) is 18.6. The van der Waals surface area contributed by atoms with E-state index in [4.69, 9.17) is 4.42 Å². The Morgan fingerprint density at radius 2 is 1.90 bits per heavy atom. The summed E-state index contributed by atoms with van der Waals surface area (Å²) in [6.45, 7) is 3.12. The van der Waals surface area contributed by atoms with E-state index >= 15 is 0 Å². The van der Waals surface area contributed by atoms with Crippen LogP contribution in [0, 0.1) is 12.8 Å². The third-order valence-corrected chi connectivity index (χ3v) is 7.27. The molecule has 0 atom stereocenters. The number of thiazole rings is 1. The molecule has 1 saturated heterocycles. The minimum atomic E-state index is -0.0565. The Morgan fingerprint density at radius 3 is 2.69 bits per heavy atom. The van der Waals surface area contributed by atoms with E-state index in [1.54, 1.807) is 0 Å². The molecule has 1 aliphatic carbocycles. The lowest BCUT2D eigenvalue weighted by molar-refractivity contribution is 0.0648. The number of aryl methyl sites for hydroxylation is 2. The summed E-state index contributed by atoms with van der Waals surface area (Å²) in [6, 6.07) is 7.85. The minimum Gasteiger partial charge on any atom is -0.465 e. The molecular formula is C23H24N2O3S. The highest BCUT2D eigenvalue weighted by molar-refractivity contribution is 7.20. The number of furan rings is 1. The first-order chi connectivity index (χ1) is 14.1. The molecule has 0 N–H and O–H groups in total. The van der Waals surface area contributed by atoms with E-state index in [1.807, 2.05) is 36.1 Å². The van der Waals surface area contributed by atoms with Gasteiger partial charge in [-0.25, -0.2) is 4.98 Å². The molecule has 1 aliphatic heterocycles. The summed E-state index contributed by atoms with van der Waals surface area (Å²) in [4.78, 5) is 32.6. The highest BCUT2D eigenvalue weighted by Gasteiger charge is 2.33. The number of aromatic nitrogens is 1. The van der Waals surface area contributed by atoms with E-state index in [9.17, 15) is 9.59 Å². The van der Waals surface area contributed by atoms with Crippen LogP contribution in [-0.4, -0.2) is 34.7 Å². The van der Waals surface area contributed by atoms with Crippen molar-refractivity contribution in [3.8, 4) is 0 Å². The zero-order chi connectivity index (χ0) is 20.0. The first-order valence-electron chi connectivity index (χ1n) is 10.4. The Hall–Kier alpha value is -2.47. The van der Waals surface area contributed by atoms with Gasteiger partial charge in [0.05, 0.1) is 15.8 Å². The average Bonchev–Trinajstić information content (AvgIpc) is 3.33. The standard InChI is InChI=1S/C23H24N2O3S/c1-14-20(16-6-2-4-8-18(16)28-14)23(27)25-12-10-15(11-13-25)21(26)22-24-17-7-3-5-9-19(17)29-22/h3,5,7,9,15H,2,4,6,8,10-13H2,1H3. The Kier molecular flexibility index (Phi) is 4.74. The largest absolute Gasteiger partial charge is 0.465 e. The van der Waals surface area contributed by atoms with Crippen molar-refractivity contribution in [2.24, 2.45) is 5.92 Å². The van der Waals surface area contributed by atoms with Gasteiger partial charge in [0.25, 0.3) is 5.91 Å². The van der Waals surface area contributed by atoms with Gasteiger partial charge in [0.2, 0.25) is 0 Å². The van der Waals surface area contributed by atoms with Gasteiger partial charge in [-0.3, -0.25) is 9.59 Å². The zero-order valence-corrected chi connectivity index (χ0v) is 17.4. The molecule has 150 valence electrons. The smallest absolute Gasteiger partial charge is 0.257 e. The fourth-order valence-corrected chi connectivity index (χ4v) is 5.62. The summed E-state index contributed by atoms with van der Waals surface area (Å²) in [6.07, 6.45) is 5.50. The first-order valence-corrected chi connectivity index (χ1v) is 11.2. The second kappa shape index (κ2) is 7.41. The molecule has 0 bridgehead atoms. The molecule has 2 aliphatic rings. The number of Topliss-reactive ketones (excluding diaryl/α,β-unsaturated/α-hetero) is 1. The van der Waals surface area contributed by atoms with Crippen molar-refractivity contribution < 1.29 is 14.0 Å². The predicted molar refractivity (Wildman–Crippen MR) is 113 cm³/mol. The maximum atomic E-state index is 13.2. The Morgan fingerprint density at radius 1 is 1.14 bits per heavy atom. The number of likely N-dealkylation sites (tertiary alicyclic amines) is 1. The second-order valence-corrected chi connectivity index (χ2v) is 9.09. The van der Waals surface area contributed by atoms with E-state index in [1.165, 1.54) is 11.3 Å². The van der Waals surface area contributed by atoms with Crippen LogP contribution in [0.25, 0.3) is 10.2 Å². The molecule has 29 heavy (non-hydrogen) atoms. The Labute approximate surface area is 173 Å².